The molecule has 0 amide bonds. The molecule has 1 aromatic heterocycles. The number of unbranched alkanes of at least 4 members (excludes halogenated alkanes) is 10. The first-order valence-corrected chi connectivity index (χ1v) is 19.5. The van der Waals surface area contributed by atoms with Gasteiger partial charge in [-0.3, -0.25) is 0 Å². The third-order valence-corrected chi connectivity index (χ3v) is 10.0. The predicted molar refractivity (Wildman–Crippen MR) is 195 cm³/mol. The fourth-order valence-corrected chi connectivity index (χ4v) is 7.12. The highest BCUT2D eigenvalue weighted by Gasteiger charge is 2.27. The quantitative estimate of drug-likeness (QED) is 0.107. The smallest absolute Gasteiger partial charge is 0.191 e. The monoisotopic (exact) mass is 644 g/mol. The number of hydrogen-bond acceptors (Lipinski definition) is 7. The molecule has 0 fully saturated rings. The van der Waals surface area contributed by atoms with Crippen LogP contribution < -0.4 is 4.90 Å². The SMILES string of the molecule is CCCCCCCCSc1nc(CCN(CC)c2cc(C(C)(C)C)c(O)c(C(C)(C)C)c2)nc(SCCCCCCCC)n1. The van der Waals surface area contributed by atoms with Gasteiger partial charge in [0, 0.05) is 47.8 Å². The van der Waals surface area contributed by atoms with Crippen molar-refractivity contribution in [3.8, 4) is 5.75 Å². The number of nitrogens with zero attached hydrogens (tertiary/aromatic N) is 4. The van der Waals surface area contributed by atoms with Crippen molar-refractivity contribution in [1.29, 1.82) is 0 Å². The highest BCUT2D eigenvalue weighted by molar-refractivity contribution is 7.99. The van der Waals surface area contributed by atoms with E-state index in [4.69, 9.17) is 15.0 Å². The van der Waals surface area contributed by atoms with Gasteiger partial charge in [-0.2, -0.15) is 4.98 Å². The van der Waals surface area contributed by atoms with Gasteiger partial charge >= 0.3 is 0 Å². The summed E-state index contributed by atoms with van der Waals surface area (Å²) in [5.41, 5.74) is 2.85. The van der Waals surface area contributed by atoms with Crippen molar-refractivity contribution in [3.05, 3.63) is 29.1 Å². The van der Waals surface area contributed by atoms with Crippen LogP contribution in [0.1, 0.15) is 156 Å². The average molecular weight is 645 g/mol. The zero-order valence-corrected chi connectivity index (χ0v) is 31.4. The molecule has 0 aliphatic heterocycles. The van der Waals surface area contributed by atoms with Gasteiger partial charge in [-0.1, -0.05) is 143 Å². The fraction of sp³-hybridized carbons (Fsp3) is 0.757. The maximum Gasteiger partial charge on any atom is 0.191 e. The Morgan fingerprint density at radius 2 is 1.07 bits per heavy atom. The molecule has 0 saturated heterocycles. The summed E-state index contributed by atoms with van der Waals surface area (Å²) in [5, 5.41) is 13.0. The van der Waals surface area contributed by atoms with Crippen molar-refractivity contribution in [3.63, 3.8) is 0 Å². The summed E-state index contributed by atoms with van der Waals surface area (Å²) in [4.78, 5) is 17.2. The number of likely N-dealkylation sites (N-methyl/N-ethyl adjacent to an activating group) is 1. The summed E-state index contributed by atoms with van der Waals surface area (Å²) in [5.74, 6) is 3.45. The third-order valence-electron chi connectivity index (χ3n) is 8.16. The molecule has 2 aromatic rings. The van der Waals surface area contributed by atoms with Crippen LogP contribution in [-0.4, -0.2) is 44.7 Å². The van der Waals surface area contributed by atoms with Crippen molar-refractivity contribution < 1.29 is 5.11 Å². The van der Waals surface area contributed by atoms with Crippen LogP contribution in [0.15, 0.2) is 22.4 Å². The van der Waals surface area contributed by atoms with Crippen LogP contribution in [0, 0.1) is 0 Å². The van der Waals surface area contributed by atoms with Gasteiger partial charge in [0.1, 0.15) is 11.6 Å². The van der Waals surface area contributed by atoms with E-state index < -0.39 is 0 Å². The van der Waals surface area contributed by atoms with Crippen LogP contribution in [0.5, 0.6) is 5.75 Å². The molecule has 1 N–H and O–H groups in total. The van der Waals surface area contributed by atoms with E-state index in [1.54, 1.807) is 23.5 Å². The Hall–Kier alpha value is -1.47. The molecule has 0 radical (unpaired) electrons. The van der Waals surface area contributed by atoms with E-state index >= 15 is 0 Å². The number of phenols is 1. The molecular formula is C37H64N4OS2. The lowest BCUT2D eigenvalue weighted by atomic mass is 9.79. The van der Waals surface area contributed by atoms with Crippen LogP contribution in [0.4, 0.5) is 5.69 Å². The Labute approximate surface area is 279 Å². The van der Waals surface area contributed by atoms with E-state index in [9.17, 15) is 5.11 Å². The second-order valence-electron chi connectivity index (χ2n) is 14.3. The molecule has 0 spiro atoms. The number of hydrogen-bond donors (Lipinski definition) is 1. The summed E-state index contributed by atoms with van der Waals surface area (Å²) in [6.07, 6.45) is 16.4. The number of benzene rings is 1. The fourth-order valence-electron chi connectivity index (χ4n) is 5.36. The maximum absolute atomic E-state index is 11.2. The van der Waals surface area contributed by atoms with Crippen molar-refractivity contribution in [2.75, 3.05) is 29.5 Å². The minimum absolute atomic E-state index is 0.155. The molecule has 0 saturated carbocycles. The summed E-state index contributed by atoms with van der Waals surface area (Å²) >= 11 is 3.59. The van der Waals surface area contributed by atoms with Crippen LogP contribution in [-0.2, 0) is 17.3 Å². The topological polar surface area (TPSA) is 62.1 Å². The van der Waals surface area contributed by atoms with E-state index in [2.05, 4.69) is 79.3 Å². The molecule has 2 rings (SSSR count). The highest BCUT2D eigenvalue weighted by atomic mass is 32.2. The Morgan fingerprint density at radius 1 is 0.636 bits per heavy atom. The summed E-state index contributed by atoms with van der Waals surface area (Å²) in [6.45, 7) is 21.5. The molecule has 0 aliphatic carbocycles. The lowest BCUT2D eigenvalue weighted by molar-refractivity contribution is 0.423. The number of rotatable bonds is 21. The lowest BCUT2D eigenvalue weighted by Crippen LogP contribution is -2.28. The Bertz CT molecular complexity index is 1020. The second kappa shape index (κ2) is 19.9. The van der Waals surface area contributed by atoms with E-state index in [1.165, 1.54) is 77.0 Å². The first kappa shape index (κ1) is 38.7. The van der Waals surface area contributed by atoms with Gasteiger partial charge in [0.2, 0.25) is 0 Å². The molecule has 1 aromatic carbocycles. The lowest BCUT2D eigenvalue weighted by Gasteiger charge is -2.31. The largest absolute Gasteiger partial charge is 0.507 e. The van der Waals surface area contributed by atoms with Gasteiger partial charge in [-0.05, 0) is 42.7 Å². The van der Waals surface area contributed by atoms with Gasteiger partial charge in [-0.25, -0.2) is 9.97 Å². The van der Waals surface area contributed by atoms with E-state index in [0.717, 1.165) is 64.0 Å². The Morgan fingerprint density at radius 3 is 1.48 bits per heavy atom. The van der Waals surface area contributed by atoms with Crippen LogP contribution in [0.3, 0.4) is 0 Å². The number of aromatic nitrogens is 3. The zero-order valence-electron chi connectivity index (χ0n) is 29.7. The summed E-state index contributed by atoms with van der Waals surface area (Å²) in [7, 11) is 0. The molecule has 0 aliphatic rings. The molecule has 250 valence electrons. The molecule has 7 heteroatoms. The number of anilines is 1. The molecule has 44 heavy (non-hydrogen) atoms. The number of aromatic hydroxyl groups is 1. The molecular weight excluding hydrogens is 581 g/mol. The summed E-state index contributed by atoms with van der Waals surface area (Å²) in [6, 6.07) is 4.37. The summed E-state index contributed by atoms with van der Waals surface area (Å²) < 4.78 is 0. The molecule has 0 unspecified atom stereocenters. The molecule has 5 nitrogen and oxygen atoms in total. The van der Waals surface area contributed by atoms with Crippen molar-refractivity contribution in [2.45, 2.75) is 167 Å². The van der Waals surface area contributed by atoms with Gasteiger partial charge in [-0.15, -0.1) is 0 Å². The minimum Gasteiger partial charge on any atom is -0.507 e. The van der Waals surface area contributed by atoms with Crippen molar-refractivity contribution >= 4 is 29.2 Å². The maximum atomic E-state index is 11.2. The molecule has 1 heterocycles. The van der Waals surface area contributed by atoms with E-state index in [1.807, 2.05) is 0 Å². The third kappa shape index (κ3) is 13.9. The first-order chi connectivity index (χ1) is 20.9. The van der Waals surface area contributed by atoms with E-state index in [-0.39, 0.29) is 10.8 Å². The molecule has 0 atom stereocenters. The van der Waals surface area contributed by atoms with Gasteiger partial charge in [0.25, 0.3) is 0 Å². The van der Waals surface area contributed by atoms with Crippen molar-refractivity contribution in [1.82, 2.24) is 15.0 Å². The van der Waals surface area contributed by atoms with Crippen LogP contribution >= 0.6 is 23.5 Å². The normalized spacial score (nSPS) is 12.2. The highest BCUT2D eigenvalue weighted by Crippen LogP contribution is 2.42. The predicted octanol–water partition coefficient (Wildman–Crippen LogP) is 11.1. The number of thioether (sulfide) groups is 2. The molecule has 0 bridgehead atoms. The van der Waals surface area contributed by atoms with Crippen LogP contribution in [0.2, 0.25) is 0 Å². The number of phenolic OH excluding ortho intramolecular Hbond substituents is 1. The minimum atomic E-state index is -0.155. The van der Waals surface area contributed by atoms with Crippen molar-refractivity contribution in [2.24, 2.45) is 0 Å². The van der Waals surface area contributed by atoms with Crippen LogP contribution in [0.25, 0.3) is 0 Å². The van der Waals surface area contributed by atoms with Gasteiger partial charge in [0.05, 0.1) is 0 Å². The second-order valence-corrected chi connectivity index (χ2v) is 16.4. The average Bonchev–Trinajstić information content (AvgIpc) is 2.96. The Balaban J connectivity index is 2.19. The van der Waals surface area contributed by atoms with Gasteiger partial charge in [0.15, 0.2) is 10.3 Å². The standard InChI is InChI=1S/C37H64N4OS2/c1-10-13-15-17-19-21-25-43-34-38-32(39-35(40-34)44-26-22-20-18-16-14-11-2)23-24-41(12-3)29-27-30(36(4,5)6)33(42)31(28-29)37(7,8)9/h27-28,42H,10-26H2,1-9H3. The first-order valence-electron chi connectivity index (χ1n) is 17.5. The Kier molecular flexibility index (Phi) is 17.5. The van der Waals surface area contributed by atoms with E-state index in [0.29, 0.717) is 5.75 Å². The zero-order chi connectivity index (χ0) is 32.6. The van der Waals surface area contributed by atoms with Gasteiger partial charge < -0.3 is 10.0 Å².